The average Bonchev–Trinajstić information content (AvgIpc) is 3.10. The van der Waals surface area contributed by atoms with Crippen LogP contribution in [0.2, 0.25) is 0 Å². The van der Waals surface area contributed by atoms with E-state index in [4.69, 9.17) is 4.74 Å². The molecule has 1 aliphatic rings. The molecule has 0 saturated heterocycles. The number of aryl methyl sites for hydroxylation is 1. The Bertz CT molecular complexity index is 626. The van der Waals surface area contributed by atoms with Crippen LogP contribution in [0.25, 0.3) is 0 Å². The second-order valence-electron chi connectivity index (χ2n) is 5.22. The van der Waals surface area contributed by atoms with Gasteiger partial charge in [0.2, 0.25) is 0 Å². The van der Waals surface area contributed by atoms with Crippen LogP contribution in [0.4, 0.5) is 0 Å². The van der Waals surface area contributed by atoms with Gasteiger partial charge >= 0.3 is 0 Å². The lowest BCUT2D eigenvalue weighted by molar-refractivity contribution is 0.139. The number of aliphatic hydroxyl groups is 1. The molecule has 3 rings (SSSR count). The molecule has 1 aromatic carbocycles. The molecule has 0 amide bonds. The summed E-state index contributed by atoms with van der Waals surface area (Å²) in [7, 11) is 1.63. The van der Waals surface area contributed by atoms with Crippen molar-refractivity contribution < 1.29 is 9.84 Å². The van der Waals surface area contributed by atoms with Gasteiger partial charge in [-0.25, -0.2) is 0 Å². The summed E-state index contributed by atoms with van der Waals surface area (Å²) in [4.78, 5) is 1.27. The second kappa shape index (κ2) is 6.12. The maximum Gasteiger partial charge on any atom is 0.162 e. The summed E-state index contributed by atoms with van der Waals surface area (Å²) < 4.78 is 7.26. The minimum atomic E-state index is -0.592. The summed E-state index contributed by atoms with van der Waals surface area (Å²) in [6.07, 6.45) is 2.08. The largest absolute Gasteiger partial charge is 0.493 e. The molecule has 112 valence electrons. The van der Waals surface area contributed by atoms with Gasteiger partial charge in [-0.15, -0.1) is 11.8 Å². The van der Waals surface area contributed by atoms with E-state index in [0.717, 1.165) is 24.4 Å². The Morgan fingerprint density at radius 1 is 1.48 bits per heavy atom. The molecule has 0 aliphatic carbocycles. The van der Waals surface area contributed by atoms with E-state index in [9.17, 15) is 5.11 Å². The average molecular weight is 304 g/mol. The lowest BCUT2D eigenvalue weighted by atomic mass is 9.93. The van der Waals surface area contributed by atoms with Crippen molar-refractivity contribution >= 4 is 11.8 Å². The molecule has 1 aromatic heterocycles. The third-order valence-electron chi connectivity index (χ3n) is 3.90. The first kappa shape index (κ1) is 14.5. The summed E-state index contributed by atoms with van der Waals surface area (Å²) in [6, 6.07) is 8.30. The Labute approximate surface area is 129 Å². The molecule has 0 fully saturated rings. The third kappa shape index (κ3) is 2.56. The van der Waals surface area contributed by atoms with E-state index in [1.54, 1.807) is 25.1 Å². The monoisotopic (exact) mass is 304 g/mol. The molecule has 2 atom stereocenters. The van der Waals surface area contributed by atoms with Crippen molar-refractivity contribution in [3.8, 4) is 5.75 Å². The van der Waals surface area contributed by atoms with E-state index in [-0.39, 0.29) is 5.92 Å². The van der Waals surface area contributed by atoms with Crippen molar-refractivity contribution in [1.82, 2.24) is 9.78 Å². The van der Waals surface area contributed by atoms with Crippen LogP contribution >= 0.6 is 11.8 Å². The first-order valence-electron chi connectivity index (χ1n) is 7.25. The zero-order chi connectivity index (χ0) is 14.8. The van der Waals surface area contributed by atoms with Crippen molar-refractivity contribution in [3.63, 3.8) is 0 Å². The minimum Gasteiger partial charge on any atom is -0.493 e. The smallest absolute Gasteiger partial charge is 0.162 e. The fraction of sp³-hybridized carbons (Fsp3) is 0.438. The van der Waals surface area contributed by atoms with Crippen LogP contribution in [-0.2, 0) is 6.54 Å². The summed E-state index contributed by atoms with van der Waals surface area (Å²) in [5.41, 5.74) is 2.02. The molecular weight excluding hydrogens is 284 g/mol. The number of benzene rings is 1. The normalized spacial score (nSPS) is 18.5. The number of ether oxygens (including phenoxy) is 1. The van der Waals surface area contributed by atoms with Gasteiger partial charge in [-0.05, 0) is 18.1 Å². The number of hydrogen-bond donors (Lipinski definition) is 1. The minimum absolute atomic E-state index is 0.0902. The number of aliphatic hydroxyl groups excluding tert-OH is 1. The predicted molar refractivity (Wildman–Crippen MR) is 83.9 cm³/mol. The van der Waals surface area contributed by atoms with Crippen molar-refractivity contribution in [2.24, 2.45) is 0 Å². The standard InChI is InChI=1S/C16H20N2O2S/c1-3-8-18-15(13(20-2)9-17-18)16(19)12-10-21-14-7-5-4-6-11(12)14/h4-7,9,12,16,19H,3,8,10H2,1-2H3. The third-order valence-corrected chi connectivity index (χ3v) is 5.11. The Morgan fingerprint density at radius 2 is 2.29 bits per heavy atom. The highest BCUT2D eigenvalue weighted by Crippen LogP contribution is 2.46. The van der Waals surface area contributed by atoms with Crippen LogP contribution in [0, 0.1) is 0 Å². The first-order chi connectivity index (χ1) is 10.3. The molecule has 5 heteroatoms. The molecule has 2 unspecified atom stereocenters. The molecule has 0 saturated carbocycles. The Kier molecular flexibility index (Phi) is 4.22. The SMILES string of the molecule is CCCn1ncc(OC)c1C(O)C1CSc2ccccc21. The lowest BCUT2D eigenvalue weighted by Crippen LogP contribution is -2.16. The number of hydrogen-bond acceptors (Lipinski definition) is 4. The molecule has 0 spiro atoms. The van der Waals surface area contributed by atoms with Gasteiger partial charge in [-0.2, -0.15) is 5.10 Å². The van der Waals surface area contributed by atoms with Crippen LogP contribution in [0.5, 0.6) is 5.75 Å². The van der Waals surface area contributed by atoms with Crippen molar-refractivity contribution in [1.29, 1.82) is 0 Å². The molecule has 1 aliphatic heterocycles. The van der Waals surface area contributed by atoms with Gasteiger partial charge in [0.1, 0.15) is 11.8 Å². The fourth-order valence-corrected chi connectivity index (χ4v) is 4.14. The second-order valence-corrected chi connectivity index (χ2v) is 6.28. The van der Waals surface area contributed by atoms with Crippen molar-refractivity contribution in [2.75, 3.05) is 12.9 Å². The van der Waals surface area contributed by atoms with E-state index < -0.39 is 6.10 Å². The molecule has 4 nitrogen and oxygen atoms in total. The van der Waals surface area contributed by atoms with Gasteiger partial charge in [0.05, 0.1) is 13.3 Å². The van der Waals surface area contributed by atoms with Gasteiger partial charge < -0.3 is 9.84 Å². The van der Waals surface area contributed by atoms with Crippen LogP contribution in [0.15, 0.2) is 35.4 Å². The highest BCUT2D eigenvalue weighted by molar-refractivity contribution is 7.99. The predicted octanol–water partition coefficient (Wildman–Crippen LogP) is 3.22. The Morgan fingerprint density at radius 3 is 3.05 bits per heavy atom. The number of nitrogens with zero attached hydrogens (tertiary/aromatic N) is 2. The zero-order valence-electron chi connectivity index (χ0n) is 12.3. The molecule has 0 radical (unpaired) electrons. The number of methoxy groups -OCH3 is 1. The highest BCUT2D eigenvalue weighted by Gasteiger charge is 2.33. The molecular formula is C16H20N2O2S. The van der Waals surface area contributed by atoms with E-state index in [0.29, 0.717) is 5.75 Å². The number of rotatable bonds is 5. The van der Waals surface area contributed by atoms with Gasteiger partial charge in [-0.3, -0.25) is 4.68 Å². The number of thioether (sulfide) groups is 1. The quantitative estimate of drug-likeness (QED) is 0.921. The van der Waals surface area contributed by atoms with Crippen LogP contribution in [0.3, 0.4) is 0 Å². The Hall–Kier alpha value is -1.46. The molecule has 21 heavy (non-hydrogen) atoms. The topological polar surface area (TPSA) is 47.3 Å². The van der Waals surface area contributed by atoms with Gasteiger partial charge in [-0.1, -0.05) is 25.1 Å². The van der Waals surface area contributed by atoms with E-state index in [1.165, 1.54) is 10.5 Å². The number of aromatic nitrogens is 2. The van der Waals surface area contributed by atoms with Gasteiger partial charge in [0.25, 0.3) is 0 Å². The van der Waals surface area contributed by atoms with E-state index in [1.807, 2.05) is 16.8 Å². The molecule has 1 N–H and O–H groups in total. The molecule has 0 bridgehead atoms. The van der Waals surface area contributed by atoms with Crippen molar-refractivity contribution in [2.45, 2.75) is 36.8 Å². The summed E-state index contributed by atoms with van der Waals surface area (Å²) >= 11 is 1.80. The maximum absolute atomic E-state index is 10.9. The summed E-state index contributed by atoms with van der Waals surface area (Å²) in [5, 5.41) is 15.3. The summed E-state index contributed by atoms with van der Waals surface area (Å²) in [5.74, 6) is 1.65. The first-order valence-corrected chi connectivity index (χ1v) is 8.24. The van der Waals surface area contributed by atoms with Gasteiger partial charge in [0.15, 0.2) is 5.75 Å². The lowest BCUT2D eigenvalue weighted by Gasteiger charge is -2.21. The fourth-order valence-electron chi connectivity index (χ4n) is 2.86. The molecule has 2 heterocycles. The highest BCUT2D eigenvalue weighted by atomic mass is 32.2. The van der Waals surface area contributed by atoms with Crippen LogP contribution < -0.4 is 4.74 Å². The summed E-state index contributed by atoms with van der Waals surface area (Å²) in [6.45, 7) is 2.89. The van der Waals surface area contributed by atoms with Crippen molar-refractivity contribution in [3.05, 3.63) is 41.7 Å². The maximum atomic E-state index is 10.9. The molecule has 2 aromatic rings. The van der Waals surface area contributed by atoms with E-state index in [2.05, 4.69) is 24.2 Å². The van der Waals surface area contributed by atoms with Gasteiger partial charge in [0, 0.05) is 23.1 Å². The van der Waals surface area contributed by atoms with Crippen LogP contribution in [-0.4, -0.2) is 27.7 Å². The van der Waals surface area contributed by atoms with E-state index >= 15 is 0 Å². The Balaban J connectivity index is 1.96. The zero-order valence-corrected chi connectivity index (χ0v) is 13.1. The van der Waals surface area contributed by atoms with Crippen LogP contribution in [0.1, 0.15) is 36.6 Å². The number of fused-ring (bicyclic) bond motifs is 1.